The molecule has 15 heavy (non-hydrogen) atoms. The number of benzene rings is 1. The summed E-state index contributed by atoms with van der Waals surface area (Å²) in [5, 5.41) is 7.04. The molecule has 2 N–H and O–H groups in total. The summed E-state index contributed by atoms with van der Waals surface area (Å²) in [4.78, 5) is 0. The number of hydrogen-bond acceptors (Lipinski definition) is 2. The average Bonchev–Trinajstić information content (AvgIpc) is 2.53. The van der Waals surface area contributed by atoms with Gasteiger partial charge in [-0.2, -0.15) is 0 Å². The van der Waals surface area contributed by atoms with E-state index in [1.54, 1.807) is 0 Å². The summed E-state index contributed by atoms with van der Waals surface area (Å²) in [6, 6.07) is 10.3. The van der Waals surface area contributed by atoms with Crippen LogP contribution in [0, 0.1) is 0 Å². The van der Waals surface area contributed by atoms with Gasteiger partial charge in [-0.25, -0.2) is 0 Å². The Bertz CT molecular complexity index is 333. The van der Waals surface area contributed by atoms with Crippen molar-refractivity contribution in [1.29, 1.82) is 0 Å². The van der Waals surface area contributed by atoms with Crippen LogP contribution in [0.1, 0.15) is 31.0 Å². The number of likely N-dealkylation sites (N-methyl/N-ethyl adjacent to an activating group) is 1. The van der Waals surface area contributed by atoms with Crippen LogP contribution >= 0.6 is 0 Å². The zero-order valence-electron chi connectivity index (χ0n) is 9.75. The second-order valence-electron chi connectivity index (χ2n) is 4.60. The van der Waals surface area contributed by atoms with Gasteiger partial charge in [-0.15, -0.1) is 0 Å². The summed E-state index contributed by atoms with van der Waals surface area (Å²) >= 11 is 0. The van der Waals surface area contributed by atoms with Crippen LogP contribution in [0.5, 0.6) is 0 Å². The molecule has 0 saturated carbocycles. The zero-order chi connectivity index (χ0) is 10.8. The highest BCUT2D eigenvalue weighted by atomic mass is 15.0. The minimum atomic E-state index is 0.462. The molecule has 2 atom stereocenters. The summed E-state index contributed by atoms with van der Waals surface area (Å²) < 4.78 is 0. The number of hydrogen-bond donors (Lipinski definition) is 2. The van der Waals surface area contributed by atoms with Crippen molar-refractivity contribution in [2.75, 3.05) is 7.05 Å². The molecule has 0 fully saturated rings. The van der Waals surface area contributed by atoms with E-state index in [0.717, 1.165) is 6.42 Å². The van der Waals surface area contributed by atoms with Crippen molar-refractivity contribution in [3.63, 3.8) is 0 Å². The van der Waals surface area contributed by atoms with Crippen LogP contribution in [-0.4, -0.2) is 19.1 Å². The van der Waals surface area contributed by atoms with Gasteiger partial charge in [0.1, 0.15) is 0 Å². The third-order valence-corrected chi connectivity index (χ3v) is 3.09. The average molecular weight is 204 g/mol. The molecular weight excluding hydrogens is 184 g/mol. The number of rotatable bonds is 3. The number of fused-ring (bicyclic) bond motifs is 1. The predicted octanol–water partition coefficient (Wildman–Crippen LogP) is 1.87. The van der Waals surface area contributed by atoms with Gasteiger partial charge in [0.15, 0.2) is 0 Å². The third kappa shape index (κ3) is 2.06. The van der Waals surface area contributed by atoms with Crippen molar-refractivity contribution in [3.8, 4) is 0 Å². The molecule has 1 aromatic rings. The van der Waals surface area contributed by atoms with E-state index in [-0.39, 0.29) is 0 Å². The summed E-state index contributed by atoms with van der Waals surface area (Å²) in [6.07, 6.45) is 1.14. The van der Waals surface area contributed by atoms with Gasteiger partial charge >= 0.3 is 0 Å². The first-order valence-corrected chi connectivity index (χ1v) is 5.73. The van der Waals surface area contributed by atoms with E-state index in [1.807, 2.05) is 7.05 Å². The van der Waals surface area contributed by atoms with Crippen molar-refractivity contribution < 1.29 is 0 Å². The van der Waals surface area contributed by atoms with Crippen LogP contribution in [0.15, 0.2) is 24.3 Å². The molecule has 0 spiro atoms. The van der Waals surface area contributed by atoms with E-state index < -0.39 is 0 Å². The fourth-order valence-electron chi connectivity index (χ4n) is 2.54. The van der Waals surface area contributed by atoms with Gasteiger partial charge in [0.05, 0.1) is 0 Å². The van der Waals surface area contributed by atoms with Crippen LogP contribution in [0.2, 0.25) is 0 Å². The molecule has 0 unspecified atom stereocenters. The van der Waals surface area contributed by atoms with Gasteiger partial charge in [0.2, 0.25) is 0 Å². The van der Waals surface area contributed by atoms with Crippen LogP contribution in [0.25, 0.3) is 0 Å². The van der Waals surface area contributed by atoms with E-state index in [1.165, 1.54) is 11.1 Å². The van der Waals surface area contributed by atoms with Crippen molar-refractivity contribution in [2.45, 2.75) is 38.4 Å². The third-order valence-electron chi connectivity index (χ3n) is 3.09. The lowest BCUT2D eigenvalue weighted by Crippen LogP contribution is -2.41. The predicted molar refractivity (Wildman–Crippen MR) is 64.0 cm³/mol. The van der Waals surface area contributed by atoms with Crippen LogP contribution in [-0.2, 0) is 6.42 Å². The minimum Gasteiger partial charge on any atom is -0.312 e. The molecule has 0 radical (unpaired) electrons. The summed E-state index contributed by atoms with van der Waals surface area (Å²) in [5.41, 5.74) is 2.94. The maximum atomic E-state index is 3.63. The molecule has 0 amide bonds. The van der Waals surface area contributed by atoms with E-state index in [4.69, 9.17) is 0 Å². The standard InChI is InChI=1S/C13H20N2/c1-9(2)15-12-8-10-6-4-5-7-11(10)13(12)14-3/h4-7,9,12-15H,8H2,1-3H3/t12-,13-/m1/s1. The lowest BCUT2D eigenvalue weighted by Gasteiger charge is -2.23. The fraction of sp³-hybridized carbons (Fsp3) is 0.538. The van der Waals surface area contributed by atoms with Crippen molar-refractivity contribution in [2.24, 2.45) is 0 Å². The molecule has 1 aliphatic carbocycles. The van der Waals surface area contributed by atoms with Crippen molar-refractivity contribution >= 4 is 0 Å². The Morgan fingerprint density at radius 3 is 2.67 bits per heavy atom. The SMILES string of the molecule is CN[C@@H]1c2ccccc2C[C@H]1NC(C)C. The summed E-state index contributed by atoms with van der Waals surface area (Å²) in [6.45, 7) is 4.41. The normalized spacial score (nSPS) is 24.5. The molecule has 82 valence electrons. The lowest BCUT2D eigenvalue weighted by atomic mass is 10.1. The van der Waals surface area contributed by atoms with Gasteiger partial charge in [-0.3, -0.25) is 0 Å². The molecule has 1 aliphatic rings. The molecule has 0 bridgehead atoms. The smallest absolute Gasteiger partial charge is 0.0479 e. The minimum absolute atomic E-state index is 0.462. The largest absolute Gasteiger partial charge is 0.312 e. The molecular formula is C13H20N2. The maximum Gasteiger partial charge on any atom is 0.0479 e. The summed E-state index contributed by atoms with van der Waals surface area (Å²) in [5.74, 6) is 0. The maximum absolute atomic E-state index is 3.63. The Kier molecular flexibility index (Phi) is 3.08. The highest BCUT2D eigenvalue weighted by molar-refractivity contribution is 5.37. The van der Waals surface area contributed by atoms with E-state index in [0.29, 0.717) is 18.1 Å². The molecule has 2 nitrogen and oxygen atoms in total. The molecule has 1 aromatic carbocycles. The van der Waals surface area contributed by atoms with E-state index >= 15 is 0 Å². The second kappa shape index (κ2) is 4.33. The van der Waals surface area contributed by atoms with Gasteiger partial charge in [-0.1, -0.05) is 38.1 Å². The highest BCUT2D eigenvalue weighted by Crippen LogP contribution is 2.31. The van der Waals surface area contributed by atoms with Gasteiger partial charge in [0, 0.05) is 18.1 Å². The Morgan fingerprint density at radius 1 is 1.27 bits per heavy atom. The molecule has 0 aromatic heterocycles. The second-order valence-corrected chi connectivity index (χ2v) is 4.60. The zero-order valence-corrected chi connectivity index (χ0v) is 9.75. The van der Waals surface area contributed by atoms with Gasteiger partial charge in [-0.05, 0) is 24.6 Å². The van der Waals surface area contributed by atoms with E-state index in [9.17, 15) is 0 Å². The molecule has 0 aliphatic heterocycles. The first-order chi connectivity index (χ1) is 7.22. The van der Waals surface area contributed by atoms with E-state index in [2.05, 4.69) is 48.7 Å². The fourth-order valence-corrected chi connectivity index (χ4v) is 2.54. The van der Waals surface area contributed by atoms with Gasteiger partial charge < -0.3 is 10.6 Å². The quantitative estimate of drug-likeness (QED) is 0.785. The Labute approximate surface area is 92.1 Å². The van der Waals surface area contributed by atoms with Crippen molar-refractivity contribution in [3.05, 3.63) is 35.4 Å². The summed E-state index contributed by atoms with van der Waals surface area (Å²) in [7, 11) is 2.04. The first kappa shape index (κ1) is 10.7. The van der Waals surface area contributed by atoms with Crippen LogP contribution < -0.4 is 10.6 Å². The molecule has 0 saturated heterocycles. The molecule has 2 rings (SSSR count). The lowest BCUT2D eigenvalue weighted by molar-refractivity contribution is 0.392. The Morgan fingerprint density at radius 2 is 2.00 bits per heavy atom. The molecule has 0 heterocycles. The Hall–Kier alpha value is -0.860. The first-order valence-electron chi connectivity index (χ1n) is 5.73. The van der Waals surface area contributed by atoms with Crippen LogP contribution in [0.4, 0.5) is 0 Å². The topological polar surface area (TPSA) is 24.1 Å². The molecule has 2 heteroatoms. The Balaban J connectivity index is 2.21. The monoisotopic (exact) mass is 204 g/mol. The van der Waals surface area contributed by atoms with Gasteiger partial charge in [0.25, 0.3) is 0 Å². The number of nitrogens with one attached hydrogen (secondary N) is 2. The van der Waals surface area contributed by atoms with Crippen LogP contribution in [0.3, 0.4) is 0 Å². The highest BCUT2D eigenvalue weighted by Gasteiger charge is 2.30. The van der Waals surface area contributed by atoms with Crippen molar-refractivity contribution in [1.82, 2.24) is 10.6 Å².